The zero-order valence-electron chi connectivity index (χ0n) is 16.2. The molecule has 1 saturated heterocycles. The minimum atomic E-state index is -0.0809. The average molecular weight is 341 g/mol. The first-order valence-electron chi connectivity index (χ1n) is 10.1. The Bertz CT molecular complexity index is 327. The molecule has 1 aliphatic rings. The fourth-order valence-corrected chi connectivity index (χ4v) is 3.13. The summed E-state index contributed by atoms with van der Waals surface area (Å²) in [4.78, 5) is 7.16. The molecule has 1 rings (SSSR count). The summed E-state index contributed by atoms with van der Waals surface area (Å²) >= 11 is 0. The number of aliphatic imine (C=N–C) groups is 1. The van der Waals surface area contributed by atoms with Crippen LogP contribution in [0, 0.1) is 0 Å². The van der Waals surface area contributed by atoms with Crippen molar-refractivity contribution in [3.05, 3.63) is 0 Å². The molecular formula is C19H40N4O. The van der Waals surface area contributed by atoms with Crippen LogP contribution >= 0.6 is 0 Å². The molecule has 0 bridgehead atoms. The molecule has 0 aromatic carbocycles. The van der Waals surface area contributed by atoms with Gasteiger partial charge in [-0.1, -0.05) is 32.6 Å². The van der Waals surface area contributed by atoms with E-state index in [1.807, 2.05) is 0 Å². The number of unbranched alkanes of at least 4 members (excludes halogenated alkanes) is 3. The largest absolute Gasteiger partial charge is 0.393 e. The van der Waals surface area contributed by atoms with Gasteiger partial charge in [-0.2, -0.15) is 0 Å². The lowest BCUT2D eigenvalue weighted by molar-refractivity contribution is 0.0824. The third-order valence-corrected chi connectivity index (χ3v) is 4.68. The van der Waals surface area contributed by atoms with E-state index in [2.05, 4.69) is 36.3 Å². The summed E-state index contributed by atoms with van der Waals surface area (Å²) in [6, 6.07) is 0.475. The van der Waals surface area contributed by atoms with Crippen LogP contribution in [0.3, 0.4) is 0 Å². The van der Waals surface area contributed by atoms with E-state index in [1.165, 1.54) is 32.1 Å². The first kappa shape index (κ1) is 21.2. The monoisotopic (exact) mass is 340 g/mol. The van der Waals surface area contributed by atoms with E-state index in [1.54, 1.807) is 0 Å². The maximum Gasteiger partial charge on any atom is 0.191 e. The SMILES string of the molecule is CCCCCCC(C)NC(=NCCCN1CCC(O)CC1)NCC. The number of aliphatic hydroxyl groups is 1. The number of likely N-dealkylation sites (tertiary alicyclic amines) is 1. The van der Waals surface area contributed by atoms with Gasteiger partial charge in [-0.05, 0) is 46.1 Å². The molecule has 1 fully saturated rings. The predicted molar refractivity (Wildman–Crippen MR) is 104 cm³/mol. The fraction of sp³-hybridized carbons (Fsp3) is 0.947. The Morgan fingerprint density at radius 3 is 2.58 bits per heavy atom. The van der Waals surface area contributed by atoms with E-state index < -0.39 is 0 Å². The normalized spacial score (nSPS) is 18.6. The molecule has 0 spiro atoms. The molecule has 142 valence electrons. The van der Waals surface area contributed by atoms with Crippen molar-refractivity contribution in [1.82, 2.24) is 15.5 Å². The summed E-state index contributed by atoms with van der Waals surface area (Å²) < 4.78 is 0. The first-order valence-corrected chi connectivity index (χ1v) is 10.1. The molecule has 0 amide bonds. The minimum Gasteiger partial charge on any atom is -0.393 e. The van der Waals surface area contributed by atoms with Gasteiger partial charge < -0.3 is 20.6 Å². The molecular weight excluding hydrogens is 300 g/mol. The second-order valence-corrected chi connectivity index (χ2v) is 7.08. The van der Waals surface area contributed by atoms with Gasteiger partial charge in [-0.15, -0.1) is 0 Å². The molecule has 1 unspecified atom stereocenters. The maximum atomic E-state index is 9.54. The van der Waals surface area contributed by atoms with E-state index >= 15 is 0 Å². The van der Waals surface area contributed by atoms with E-state index in [4.69, 9.17) is 4.99 Å². The van der Waals surface area contributed by atoms with Crippen molar-refractivity contribution in [1.29, 1.82) is 0 Å². The van der Waals surface area contributed by atoms with Gasteiger partial charge in [0.1, 0.15) is 0 Å². The van der Waals surface area contributed by atoms with Crippen LogP contribution in [0.4, 0.5) is 0 Å². The maximum absolute atomic E-state index is 9.54. The summed E-state index contributed by atoms with van der Waals surface area (Å²) in [6.07, 6.45) is 9.31. The van der Waals surface area contributed by atoms with Gasteiger partial charge in [0.15, 0.2) is 5.96 Å². The number of hydrogen-bond acceptors (Lipinski definition) is 3. The van der Waals surface area contributed by atoms with Crippen LogP contribution < -0.4 is 10.6 Å². The molecule has 0 aliphatic carbocycles. The number of nitrogens with zero attached hydrogens (tertiary/aromatic N) is 2. The number of nitrogens with one attached hydrogen (secondary N) is 2. The molecule has 3 N–H and O–H groups in total. The van der Waals surface area contributed by atoms with Gasteiger partial charge in [0, 0.05) is 32.2 Å². The van der Waals surface area contributed by atoms with Crippen molar-refractivity contribution in [3.63, 3.8) is 0 Å². The molecule has 24 heavy (non-hydrogen) atoms. The summed E-state index contributed by atoms with van der Waals surface area (Å²) in [5.74, 6) is 0.953. The van der Waals surface area contributed by atoms with Crippen molar-refractivity contribution in [2.75, 3.05) is 32.7 Å². The van der Waals surface area contributed by atoms with E-state index in [0.29, 0.717) is 6.04 Å². The van der Waals surface area contributed by atoms with Gasteiger partial charge >= 0.3 is 0 Å². The van der Waals surface area contributed by atoms with Gasteiger partial charge in [0.2, 0.25) is 0 Å². The lowest BCUT2D eigenvalue weighted by Crippen LogP contribution is -2.42. The average Bonchev–Trinajstić information content (AvgIpc) is 2.57. The van der Waals surface area contributed by atoms with E-state index in [9.17, 15) is 5.11 Å². The topological polar surface area (TPSA) is 59.9 Å². The zero-order valence-corrected chi connectivity index (χ0v) is 16.2. The Morgan fingerprint density at radius 2 is 1.92 bits per heavy atom. The summed E-state index contributed by atoms with van der Waals surface area (Å²) in [5.41, 5.74) is 0. The Kier molecular flexibility index (Phi) is 11.9. The van der Waals surface area contributed by atoms with Crippen molar-refractivity contribution < 1.29 is 5.11 Å². The minimum absolute atomic E-state index is 0.0809. The Labute approximate surface area is 149 Å². The molecule has 0 saturated carbocycles. The lowest BCUT2D eigenvalue weighted by Gasteiger charge is -2.29. The highest BCUT2D eigenvalue weighted by Crippen LogP contribution is 2.10. The number of hydrogen-bond donors (Lipinski definition) is 3. The summed E-state index contributed by atoms with van der Waals surface area (Å²) in [5, 5.41) is 16.4. The molecule has 5 nitrogen and oxygen atoms in total. The van der Waals surface area contributed by atoms with Gasteiger partial charge in [-0.25, -0.2) is 0 Å². The first-order chi connectivity index (χ1) is 11.7. The fourth-order valence-electron chi connectivity index (χ4n) is 3.13. The van der Waals surface area contributed by atoms with Gasteiger partial charge in [0.25, 0.3) is 0 Å². The summed E-state index contributed by atoms with van der Waals surface area (Å²) in [7, 11) is 0. The second-order valence-electron chi connectivity index (χ2n) is 7.08. The van der Waals surface area contributed by atoms with Crippen LogP contribution in [-0.4, -0.2) is 60.8 Å². The second kappa shape index (κ2) is 13.5. The number of guanidine groups is 1. The number of aliphatic hydroxyl groups excluding tert-OH is 1. The molecule has 0 aromatic heterocycles. The molecule has 1 atom stereocenters. The third-order valence-electron chi connectivity index (χ3n) is 4.68. The number of piperidine rings is 1. The highest BCUT2D eigenvalue weighted by Gasteiger charge is 2.15. The quantitative estimate of drug-likeness (QED) is 0.307. The molecule has 0 aromatic rings. The van der Waals surface area contributed by atoms with E-state index in [-0.39, 0.29) is 6.10 Å². The standard InChI is InChI=1S/C19H40N4O/c1-4-6-7-8-10-17(3)22-19(20-5-2)21-13-9-14-23-15-11-18(24)12-16-23/h17-18,24H,4-16H2,1-3H3,(H2,20,21,22). The summed E-state index contributed by atoms with van der Waals surface area (Å²) in [6.45, 7) is 11.5. The van der Waals surface area contributed by atoms with Crippen molar-refractivity contribution in [3.8, 4) is 0 Å². The van der Waals surface area contributed by atoms with Crippen LogP contribution in [0.5, 0.6) is 0 Å². The smallest absolute Gasteiger partial charge is 0.191 e. The van der Waals surface area contributed by atoms with Crippen molar-refractivity contribution >= 4 is 5.96 Å². The van der Waals surface area contributed by atoms with Gasteiger partial charge in [0.05, 0.1) is 6.10 Å². The van der Waals surface area contributed by atoms with E-state index in [0.717, 1.165) is 57.9 Å². The van der Waals surface area contributed by atoms with Crippen LogP contribution in [0.15, 0.2) is 4.99 Å². The van der Waals surface area contributed by atoms with Crippen LogP contribution in [0.25, 0.3) is 0 Å². The predicted octanol–water partition coefficient (Wildman–Crippen LogP) is 2.75. The Hall–Kier alpha value is -0.810. The Morgan fingerprint density at radius 1 is 1.17 bits per heavy atom. The van der Waals surface area contributed by atoms with Crippen molar-refractivity contribution in [2.45, 2.75) is 84.3 Å². The molecule has 1 heterocycles. The molecule has 5 heteroatoms. The zero-order chi connectivity index (χ0) is 17.6. The lowest BCUT2D eigenvalue weighted by atomic mass is 10.1. The highest BCUT2D eigenvalue weighted by atomic mass is 16.3. The van der Waals surface area contributed by atoms with Crippen LogP contribution in [0.2, 0.25) is 0 Å². The molecule has 1 aliphatic heterocycles. The van der Waals surface area contributed by atoms with Crippen LogP contribution in [-0.2, 0) is 0 Å². The molecule has 0 radical (unpaired) electrons. The van der Waals surface area contributed by atoms with Gasteiger partial charge in [-0.3, -0.25) is 4.99 Å². The van der Waals surface area contributed by atoms with Crippen molar-refractivity contribution in [2.24, 2.45) is 4.99 Å². The Balaban J connectivity index is 2.21. The highest BCUT2D eigenvalue weighted by molar-refractivity contribution is 5.79. The third kappa shape index (κ3) is 10.1. The number of rotatable bonds is 11. The van der Waals surface area contributed by atoms with Crippen LogP contribution in [0.1, 0.15) is 72.1 Å².